The molecule has 112 valence electrons. The van der Waals surface area contributed by atoms with Crippen molar-refractivity contribution >= 4 is 5.78 Å². The second kappa shape index (κ2) is 5.46. The second-order valence-corrected chi connectivity index (χ2v) is 5.62. The highest BCUT2D eigenvalue weighted by atomic mass is 19.4. The number of alkyl halides is 3. The molecule has 1 aromatic carbocycles. The summed E-state index contributed by atoms with van der Waals surface area (Å²) in [5.74, 6) is -1.10. The van der Waals surface area contributed by atoms with Gasteiger partial charge in [0.15, 0.2) is 0 Å². The Labute approximate surface area is 116 Å². The Hall–Kier alpha value is -1.52. The minimum Gasteiger partial charge on any atom is -0.496 e. The molecule has 1 rings (SSSR count). The summed E-state index contributed by atoms with van der Waals surface area (Å²) < 4.78 is 42.5. The van der Waals surface area contributed by atoms with Crippen LogP contribution in [0.4, 0.5) is 13.2 Å². The van der Waals surface area contributed by atoms with Crippen LogP contribution >= 0.6 is 0 Å². The first kappa shape index (κ1) is 16.5. The van der Waals surface area contributed by atoms with Gasteiger partial charge in [0, 0.05) is 6.42 Å². The van der Waals surface area contributed by atoms with Crippen molar-refractivity contribution in [2.75, 3.05) is 7.11 Å². The zero-order chi connectivity index (χ0) is 15.7. The van der Waals surface area contributed by atoms with Crippen molar-refractivity contribution in [3.63, 3.8) is 0 Å². The summed E-state index contributed by atoms with van der Waals surface area (Å²) in [5.41, 5.74) is 1.55. The van der Waals surface area contributed by atoms with Gasteiger partial charge >= 0.3 is 6.18 Å². The zero-order valence-corrected chi connectivity index (χ0v) is 12.3. The van der Waals surface area contributed by atoms with Crippen LogP contribution in [0.3, 0.4) is 0 Å². The molecular weight excluding hydrogens is 269 g/mol. The zero-order valence-electron chi connectivity index (χ0n) is 12.3. The number of benzene rings is 1. The van der Waals surface area contributed by atoms with Gasteiger partial charge in [0.05, 0.1) is 7.11 Å². The lowest BCUT2D eigenvalue weighted by Gasteiger charge is -2.28. The van der Waals surface area contributed by atoms with Gasteiger partial charge in [-0.05, 0) is 42.0 Å². The fourth-order valence-electron chi connectivity index (χ4n) is 2.38. The lowest BCUT2D eigenvalue weighted by molar-refractivity contribution is -0.172. The summed E-state index contributed by atoms with van der Waals surface area (Å²) in [6.07, 6.45) is -5.37. The van der Waals surface area contributed by atoms with Crippen LogP contribution < -0.4 is 4.74 Å². The maximum absolute atomic E-state index is 12.4. The van der Waals surface area contributed by atoms with Gasteiger partial charge in [-0.15, -0.1) is 0 Å². The van der Waals surface area contributed by atoms with Crippen LogP contribution in [0.15, 0.2) is 12.1 Å². The number of methoxy groups -OCH3 is 1. The summed E-state index contributed by atoms with van der Waals surface area (Å²) in [6.45, 7) is 6.95. The predicted molar refractivity (Wildman–Crippen MR) is 71.2 cm³/mol. The maximum Gasteiger partial charge on any atom is 0.450 e. The Bertz CT molecular complexity index is 517. The van der Waals surface area contributed by atoms with Crippen LogP contribution in [0.2, 0.25) is 0 Å². The van der Waals surface area contributed by atoms with E-state index in [1.807, 2.05) is 19.9 Å². The molecule has 0 spiro atoms. The molecule has 0 fully saturated rings. The molecule has 0 saturated heterocycles. The largest absolute Gasteiger partial charge is 0.496 e. The number of carbonyl (C=O) groups excluding carboxylic acids is 1. The second-order valence-electron chi connectivity index (χ2n) is 5.62. The van der Waals surface area contributed by atoms with Crippen LogP contribution in [0.1, 0.15) is 37.0 Å². The van der Waals surface area contributed by atoms with Crippen molar-refractivity contribution in [1.82, 2.24) is 0 Å². The summed E-state index contributed by atoms with van der Waals surface area (Å²) in [6, 6.07) is 3.57. The first-order valence-electron chi connectivity index (χ1n) is 6.25. The van der Waals surface area contributed by atoms with Gasteiger partial charge in [0.2, 0.25) is 5.78 Å². The minimum atomic E-state index is -4.79. The highest BCUT2D eigenvalue weighted by molar-refractivity contribution is 5.85. The number of rotatable bonds is 4. The Morgan fingerprint density at radius 2 is 1.70 bits per heavy atom. The van der Waals surface area contributed by atoms with E-state index in [2.05, 4.69) is 0 Å². The molecular formula is C15H19F3O2. The summed E-state index contributed by atoms with van der Waals surface area (Å²) in [7, 11) is 1.51. The molecule has 0 atom stereocenters. The molecule has 2 nitrogen and oxygen atoms in total. The number of carbonyl (C=O) groups is 1. The van der Waals surface area contributed by atoms with Crippen LogP contribution in [0.5, 0.6) is 5.75 Å². The van der Waals surface area contributed by atoms with Crippen molar-refractivity contribution in [3.8, 4) is 5.75 Å². The number of halogens is 3. The third-order valence-electron chi connectivity index (χ3n) is 3.39. The molecule has 0 radical (unpaired) electrons. The van der Waals surface area contributed by atoms with E-state index in [4.69, 9.17) is 4.74 Å². The first-order chi connectivity index (χ1) is 8.99. The van der Waals surface area contributed by atoms with Crippen molar-refractivity contribution in [1.29, 1.82) is 0 Å². The van der Waals surface area contributed by atoms with Gasteiger partial charge in [-0.1, -0.05) is 19.9 Å². The topological polar surface area (TPSA) is 26.3 Å². The number of aryl methyl sites for hydroxylation is 2. The third kappa shape index (κ3) is 3.52. The van der Waals surface area contributed by atoms with E-state index in [0.29, 0.717) is 11.3 Å². The van der Waals surface area contributed by atoms with Gasteiger partial charge in [-0.25, -0.2) is 0 Å². The van der Waals surface area contributed by atoms with Crippen LogP contribution in [0.25, 0.3) is 0 Å². The average Bonchev–Trinajstić information content (AvgIpc) is 2.26. The predicted octanol–water partition coefficient (Wildman–Crippen LogP) is 4.11. The molecule has 0 aliphatic rings. The van der Waals surface area contributed by atoms with E-state index in [1.165, 1.54) is 7.11 Å². The first-order valence-corrected chi connectivity index (χ1v) is 6.25. The average molecular weight is 288 g/mol. The van der Waals surface area contributed by atoms with Crippen molar-refractivity contribution in [2.45, 2.75) is 45.7 Å². The number of ether oxygens (including phenoxy) is 1. The van der Waals surface area contributed by atoms with E-state index >= 15 is 0 Å². The van der Waals surface area contributed by atoms with Gasteiger partial charge in [0.25, 0.3) is 0 Å². The van der Waals surface area contributed by atoms with Gasteiger partial charge < -0.3 is 4.74 Å². The van der Waals surface area contributed by atoms with E-state index in [0.717, 1.165) is 11.1 Å². The van der Waals surface area contributed by atoms with E-state index < -0.39 is 23.8 Å². The highest BCUT2D eigenvalue weighted by Gasteiger charge is 2.42. The number of hydrogen-bond acceptors (Lipinski definition) is 2. The molecule has 0 bridgehead atoms. The van der Waals surface area contributed by atoms with Gasteiger partial charge in [0.1, 0.15) is 5.75 Å². The number of Topliss-reactive ketones (excluding diaryl/α,β-unsaturated/α-hetero) is 1. The Morgan fingerprint density at radius 1 is 1.15 bits per heavy atom. The lowest BCUT2D eigenvalue weighted by atomic mass is 9.77. The van der Waals surface area contributed by atoms with Gasteiger partial charge in [-0.3, -0.25) is 4.79 Å². The van der Waals surface area contributed by atoms with Crippen molar-refractivity contribution < 1.29 is 22.7 Å². The van der Waals surface area contributed by atoms with Gasteiger partial charge in [-0.2, -0.15) is 13.2 Å². The fraction of sp³-hybridized carbons (Fsp3) is 0.533. The summed E-state index contributed by atoms with van der Waals surface area (Å²) in [5, 5.41) is 0. The number of hydrogen-bond donors (Lipinski definition) is 0. The smallest absolute Gasteiger partial charge is 0.450 e. The summed E-state index contributed by atoms with van der Waals surface area (Å²) >= 11 is 0. The number of ketones is 1. The molecule has 0 N–H and O–H groups in total. The standard InChI is InChI=1S/C15H19F3O2/c1-9-6-10(2)12(20-5)7-11(9)14(3,4)8-13(19)15(16,17)18/h6-7H,8H2,1-5H3. The monoisotopic (exact) mass is 288 g/mol. The van der Waals surface area contributed by atoms with E-state index in [9.17, 15) is 18.0 Å². The highest BCUT2D eigenvalue weighted by Crippen LogP contribution is 2.36. The van der Waals surface area contributed by atoms with E-state index in [-0.39, 0.29) is 0 Å². The molecule has 0 heterocycles. The molecule has 0 saturated carbocycles. The van der Waals surface area contributed by atoms with Crippen molar-refractivity contribution in [3.05, 3.63) is 28.8 Å². The van der Waals surface area contributed by atoms with Crippen LogP contribution in [-0.4, -0.2) is 19.1 Å². The fourth-order valence-corrected chi connectivity index (χ4v) is 2.38. The molecule has 0 aromatic heterocycles. The maximum atomic E-state index is 12.4. The van der Waals surface area contributed by atoms with E-state index in [1.54, 1.807) is 19.9 Å². The molecule has 0 aliphatic carbocycles. The quantitative estimate of drug-likeness (QED) is 0.833. The molecule has 5 heteroatoms. The third-order valence-corrected chi connectivity index (χ3v) is 3.39. The SMILES string of the molecule is COc1cc(C(C)(C)CC(=O)C(F)(F)F)c(C)cc1C. The minimum absolute atomic E-state index is 0.580. The summed E-state index contributed by atoms with van der Waals surface area (Å²) in [4.78, 5) is 11.2. The Balaban J connectivity index is 3.18. The molecule has 0 amide bonds. The Morgan fingerprint density at radius 3 is 2.15 bits per heavy atom. The van der Waals surface area contributed by atoms with Crippen molar-refractivity contribution in [2.24, 2.45) is 0 Å². The Kier molecular flexibility index (Phi) is 4.52. The molecule has 20 heavy (non-hydrogen) atoms. The molecule has 1 aromatic rings. The lowest BCUT2D eigenvalue weighted by Crippen LogP contribution is -2.31. The molecule has 0 unspecified atom stereocenters. The normalized spacial score (nSPS) is 12.4. The van der Waals surface area contributed by atoms with Crippen LogP contribution in [0, 0.1) is 13.8 Å². The van der Waals surface area contributed by atoms with Crippen LogP contribution in [-0.2, 0) is 10.2 Å². The molecule has 0 aliphatic heterocycles.